The van der Waals surface area contributed by atoms with E-state index in [9.17, 15) is 4.79 Å². The lowest BCUT2D eigenvalue weighted by atomic mass is 10.1. The van der Waals surface area contributed by atoms with Crippen molar-refractivity contribution >= 4 is 22.6 Å². The summed E-state index contributed by atoms with van der Waals surface area (Å²) >= 11 is 0. The number of nitrogens with zero attached hydrogens (tertiary/aromatic N) is 1. The Kier molecular flexibility index (Phi) is 3.55. The summed E-state index contributed by atoms with van der Waals surface area (Å²) in [5.41, 5.74) is 4.97. The van der Waals surface area contributed by atoms with Gasteiger partial charge in [0.15, 0.2) is 0 Å². The number of H-pyrrole nitrogens is 1. The number of carbonyl (C=O) groups is 1. The van der Waals surface area contributed by atoms with Crippen LogP contribution in [0.3, 0.4) is 0 Å². The van der Waals surface area contributed by atoms with Crippen molar-refractivity contribution in [1.29, 1.82) is 0 Å². The van der Waals surface area contributed by atoms with Crippen LogP contribution in [0.1, 0.15) is 21.5 Å². The molecule has 0 spiro atoms. The highest BCUT2D eigenvalue weighted by molar-refractivity contribution is 6.06. The Labute approximate surface area is 128 Å². The van der Waals surface area contributed by atoms with Crippen LogP contribution in [0.15, 0.2) is 36.7 Å². The Morgan fingerprint density at radius 1 is 1.23 bits per heavy atom. The fourth-order valence-electron chi connectivity index (χ4n) is 2.59. The second kappa shape index (κ2) is 5.52. The number of amides is 1. The van der Waals surface area contributed by atoms with Crippen LogP contribution >= 0.6 is 0 Å². The van der Waals surface area contributed by atoms with Gasteiger partial charge in [0.2, 0.25) is 0 Å². The van der Waals surface area contributed by atoms with Gasteiger partial charge in [0.1, 0.15) is 5.75 Å². The van der Waals surface area contributed by atoms with Gasteiger partial charge in [-0.25, -0.2) is 4.98 Å². The number of carbonyl (C=O) groups excluding carboxylic acids is 1. The molecule has 5 heteroatoms. The third-order valence-electron chi connectivity index (χ3n) is 3.55. The Bertz CT molecular complexity index is 852. The van der Waals surface area contributed by atoms with E-state index in [0.29, 0.717) is 17.0 Å². The SMILES string of the molecule is COc1c(C)cc(C)cc1NC(=O)c1ccc2nc[nH]c2c1. The van der Waals surface area contributed by atoms with Gasteiger partial charge in [0, 0.05) is 5.56 Å². The normalized spacial score (nSPS) is 10.7. The molecule has 1 heterocycles. The monoisotopic (exact) mass is 295 g/mol. The largest absolute Gasteiger partial charge is 0.494 e. The molecule has 1 aromatic heterocycles. The number of hydrogen-bond acceptors (Lipinski definition) is 3. The molecule has 3 rings (SSSR count). The molecular weight excluding hydrogens is 278 g/mol. The van der Waals surface area contributed by atoms with Crippen LogP contribution in [0.25, 0.3) is 11.0 Å². The topological polar surface area (TPSA) is 67.0 Å². The number of anilines is 1. The number of aryl methyl sites for hydroxylation is 2. The molecule has 112 valence electrons. The first kappa shape index (κ1) is 14.1. The van der Waals surface area contributed by atoms with Crippen molar-refractivity contribution in [2.75, 3.05) is 12.4 Å². The summed E-state index contributed by atoms with van der Waals surface area (Å²) in [5, 5.41) is 2.92. The highest BCUT2D eigenvalue weighted by Crippen LogP contribution is 2.30. The fourth-order valence-corrected chi connectivity index (χ4v) is 2.59. The zero-order valence-electron chi connectivity index (χ0n) is 12.7. The molecular formula is C17H17N3O2. The average Bonchev–Trinajstić information content (AvgIpc) is 2.94. The minimum absolute atomic E-state index is 0.181. The quantitative estimate of drug-likeness (QED) is 0.777. The highest BCUT2D eigenvalue weighted by Gasteiger charge is 2.13. The number of hydrogen-bond donors (Lipinski definition) is 2. The predicted molar refractivity (Wildman–Crippen MR) is 86.5 cm³/mol. The zero-order valence-corrected chi connectivity index (χ0v) is 12.7. The standard InChI is InChI=1S/C17H17N3O2/c1-10-6-11(2)16(22-3)15(7-10)20-17(21)12-4-5-13-14(8-12)19-9-18-13/h4-9H,1-3H3,(H,18,19)(H,20,21). The van der Waals surface area contributed by atoms with Crippen LogP contribution < -0.4 is 10.1 Å². The smallest absolute Gasteiger partial charge is 0.255 e. The van der Waals surface area contributed by atoms with Crippen molar-refractivity contribution in [1.82, 2.24) is 9.97 Å². The molecule has 0 saturated heterocycles. The van der Waals surface area contributed by atoms with Crippen molar-refractivity contribution < 1.29 is 9.53 Å². The Morgan fingerprint density at radius 3 is 2.82 bits per heavy atom. The van der Waals surface area contributed by atoms with Gasteiger partial charge in [-0.2, -0.15) is 0 Å². The molecule has 2 aromatic carbocycles. The summed E-state index contributed by atoms with van der Waals surface area (Å²) in [6.07, 6.45) is 1.61. The molecule has 0 aliphatic carbocycles. The molecule has 0 aliphatic heterocycles. The number of fused-ring (bicyclic) bond motifs is 1. The lowest BCUT2D eigenvalue weighted by Gasteiger charge is -2.14. The number of benzene rings is 2. The maximum Gasteiger partial charge on any atom is 0.255 e. The van der Waals surface area contributed by atoms with E-state index in [-0.39, 0.29) is 5.91 Å². The first-order chi connectivity index (χ1) is 10.6. The number of nitrogens with one attached hydrogen (secondary N) is 2. The van der Waals surface area contributed by atoms with E-state index in [1.807, 2.05) is 32.0 Å². The van der Waals surface area contributed by atoms with Gasteiger partial charge < -0.3 is 15.0 Å². The first-order valence-corrected chi connectivity index (χ1v) is 6.98. The summed E-state index contributed by atoms with van der Waals surface area (Å²) < 4.78 is 5.39. The third-order valence-corrected chi connectivity index (χ3v) is 3.55. The number of aromatic amines is 1. The Hall–Kier alpha value is -2.82. The van der Waals surface area contributed by atoms with E-state index in [0.717, 1.165) is 22.2 Å². The van der Waals surface area contributed by atoms with Gasteiger partial charge in [-0.15, -0.1) is 0 Å². The number of ether oxygens (including phenoxy) is 1. The van der Waals surface area contributed by atoms with Crippen molar-refractivity contribution in [3.63, 3.8) is 0 Å². The van der Waals surface area contributed by atoms with Crippen molar-refractivity contribution in [2.24, 2.45) is 0 Å². The van der Waals surface area contributed by atoms with E-state index in [4.69, 9.17) is 4.74 Å². The first-order valence-electron chi connectivity index (χ1n) is 6.98. The van der Waals surface area contributed by atoms with Crippen LogP contribution in [-0.2, 0) is 0 Å². The van der Waals surface area contributed by atoms with E-state index >= 15 is 0 Å². The van der Waals surface area contributed by atoms with E-state index in [1.54, 1.807) is 25.6 Å². The maximum absolute atomic E-state index is 12.5. The van der Waals surface area contributed by atoms with Gasteiger partial charge in [-0.05, 0) is 49.2 Å². The van der Waals surface area contributed by atoms with Crippen LogP contribution in [-0.4, -0.2) is 23.0 Å². The number of rotatable bonds is 3. The molecule has 22 heavy (non-hydrogen) atoms. The molecule has 0 atom stereocenters. The van der Waals surface area contributed by atoms with Crippen molar-refractivity contribution in [2.45, 2.75) is 13.8 Å². The average molecular weight is 295 g/mol. The highest BCUT2D eigenvalue weighted by atomic mass is 16.5. The lowest BCUT2D eigenvalue weighted by Crippen LogP contribution is -2.13. The molecule has 0 saturated carbocycles. The number of imidazole rings is 1. The third kappa shape index (κ3) is 2.53. The lowest BCUT2D eigenvalue weighted by molar-refractivity contribution is 0.102. The second-order valence-electron chi connectivity index (χ2n) is 5.25. The van der Waals surface area contributed by atoms with Crippen molar-refractivity contribution in [3.8, 4) is 5.75 Å². The molecule has 0 bridgehead atoms. The van der Waals surface area contributed by atoms with Crippen LogP contribution in [0.5, 0.6) is 5.75 Å². The minimum atomic E-state index is -0.181. The molecule has 0 radical (unpaired) electrons. The number of aromatic nitrogens is 2. The van der Waals surface area contributed by atoms with Crippen LogP contribution in [0, 0.1) is 13.8 Å². The summed E-state index contributed by atoms with van der Waals surface area (Å²) in [6, 6.07) is 9.28. The summed E-state index contributed by atoms with van der Waals surface area (Å²) in [6.45, 7) is 3.94. The van der Waals surface area contributed by atoms with Crippen molar-refractivity contribution in [3.05, 3.63) is 53.3 Å². The molecule has 2 N–H and O–H groups in total. The van der Waals surface area contributed by atoms with Gasteiger partial charge in [0.05, 0.1) is 30.2 Å². The van der Waals surface area contributed by atoms with E-state index in [2.05, 4.69) is 15.3 Å². The van der Waals surface area contributed by atoms with Crippen LogP contribution in [0.4, 0.5) is 5.69 Å². The zero-order chi connectivity index (χ0) is 15.7. The summed E-state index contributed by atoms with van der Waals surface area (Å²) in [7, 11) is 1.60. The molecule has 5 nitrogen and oxygen atoms in total. The Balaban J connectivity index is 1.93. The van der Waals surface area contributed by atoms with Gasteiger partial charge in [-0.1, -0.05) is 6.07 Å². The molecule has 3 aromatic rings. The molecule has 1 amide bonds. The number of methoxy groups -OCH3 is 1. The van der Waals surface area contributed by atoms with E-state index < -0.39 is 0 Å². The molecule has 0 fully saturated rings. The Morgan fingerprint density at radius 2 is 2.05 bits per heavy atom. The predicted octanol–water partition coefficient (Wildman–Crippen LogP) is 3.44. The summed E-state index contributed by atoms with van der Waals surface area (Å²) in [5.74, 6) is 0.501. The van der Waals surface area contributed by atoms with Gasteiger partial charge in [0.25, 0.3) is 5.91 Å². The molecule has 0 unspecified atom stereocenters. The van der Waals surface area contributed by atoms with E-state index in [1.165, 1.54) is 0 Å². The minimum Gasteiger partial charge on any atom is -0.494 e. The van der Waals surface area contributed by atoms with Crippen LogP contribution in [0.2, 0.25) is 0 Å². The molecule has 0 aliphatic rings. The van der Waals surface area contributed by atoms with Gasteiger partial charge >= 0.3 is 0 Å². The summed E-state index contributed by atoms with van der Waals surface area (Å²) in [4.78, 5) is 19.6. The second-order valence-corrected chi connectivity index (χ2v) is 5.25. The maximum atomic E-state index is 12.5. The fraction of sp³-hybridized carbons (Fsp3) is 0.176. The van der Waals surface area contributed by atoms with Gasteiger partial charge in [-0.3, -0.25) is 4.79 Å².